The number of nitrogens with zero attached hydrogens (tertiary/aromatic N) is 5. The molecule has 0 saturated carbocycles. The number of hydrogen-bond acceptors (Lipinski definition) is 10. The van der Waals surface area contributed by atoms with Crippen molar-refractivity contribution in [1.29, 1.82) is 5.26 Å². The molecule has 3 aromatic carbocycles. The number of rotatable bonds is 13. The number of carbonyl (C=O) groups excluding carboxylic acids is 2. The molecule has 0 aliphatic carbocycles. The molecule has 1 saturated heterocycles. The van der Waals surface area contributed by atoms with Crippen LogP contribution in [0.5, 0.6) is 11.5 Å². The molecule has 7 rings (SSSR count). The summed E-state index contributed by atoms with van der Waals surface area (Å²) < 4.78 is 45.4. The van der Waals surface area contributed by atoms with E-state index < -0.39 is 52.3 Å². The number of ether oxygens (including phenoxy) is 2. The van der Waals surface area contributed by atoms with Gasteiger partial charge in [-0.1, -0.05) is 85.6 Å². The van der Waals surface area contributed by atoms with Crippen LogP contribution in [0.1, 0.15) is 89.8 Å². The molecule has 1 aliphatic rings. The van der Waals surface area contributed by atoms with E-state index in [2.05, 4.69) is 48.8 Å². The number of nitrogen functional groups attached to an aromatic ring is 1. The molecule has 69 heavy (non-hydrogen) atoms. The zero-order valence-corrected chi connectivity index (χ0v) is 41.2. The Balaban J connectivity index is 1.07. The molecule has 0 spiro atoms. The van der Waals surface area contributed by atoms with E-state index in [1.54, 1.807) is 13.3 Å². The van der Waals surface area contributed by atoms with Gasteiger partial charge in [-0.05, 0) is 74.1 Å². The van der Waals surface area contributed by atoms with Gasteiger partial charge in [0.25, 0.3) is 5.91 Å². The highest BCUT2D eigenvalue weighted by Crippen LogP contribution is 2.53. The molecule has 5 N–H and O–H groups in total. The molecule has 4 heterocycles. The Kier molecular flexibility index (Phi) is 15.1. The normalized spacial score (nSPS) is 17.8. The zero-order chi connectivity index (χ0) is 49.9. The molecule has 2 amide bonds. The zero-order valence-electron chi connectivity index (χ0n) is 39.0. The SMILES string of the molecule is COc1cc(C(=O)NCCCC#Cc2cn(Cc3ncc(C)c(OC)c3C)c3nc(N)nc(Cl)c23)ccc1NC(=O)[C@@H]1N[C@@H](CC(C)(C)C)[C@](C#N)(c2ccc(Cl)cc2F)[C@H]1c1cccc(Cl)c1F. The predicted molar refractivity (Wildman–Crippen MR) is 264 cm³/mol. The van der Waals surface area contributed by atoms with Gasteiger partial charge in [0.05, 0.1) is 60.2 Å². The Labute approximate surface area is 414 Å². The maximum atomic E-state index is 16.2. The second-order valence-electron chi connectivity index (χ2n) is 18.0. The topological polar surface area (TPSA) is 182 Å². The van der Waals surface area contributed by atoms with Crippen LogP contribution in [0.4, 0.5) is 20.4 Å². The highest BCUT2D eigenvalue weighted by atomic mass is 35.5. The van der Waals surface area contributed by atoms with Crippen LogP contribution in [0.2, 0.25) is 15.2 Å². The van der Waals surface area contributed by atoms with Gasteiger partial charge in [-0.25, -0.2) is 13.8 Å². The van der Waals surface area contributed by atoms with Gasteiger partial charge in [-0.3, -0.25) is 14.6 Å². The molecule has 0 unspecified atom stereocenters. The minimum absolute atomic E-state index is 0.0227. The number of nitriles is 1. The summed E-state index contributed by atoms with van der Waals surface area (Å²) in [7, 11) is 3.01. The van der Waals surface area contributed by atoms with Crippen LogP contribution >= 0.6 is 34.8 Å². The molecule has 1 fully saturated rings. The van der Waals surface area contributed by atoms with E-state index in [1.807, 2.05) is 45.4 Å². The van der Waals surface area contributed by atoms with Gasteiger partial charge in [0.15, 0.2) is 0 Å². The van der Waals surface area contributed by atoms with E-state index in [1.165, 1.54) is 55.6 Å². The summed E-state index contributed by atoms with van der Waals surface area (Å²) in [5, 5.41) is 20.8. The summed E-state index contributed by atoms with van der Waals surface area (Å²) in [6, 6.07) is 13.0. The molecule has 0 bridgehead atoms. The first kappa shape index (κ1) is 50.4. The number of nitrogens with one attached hydrogen (secondary N) is 3. The van der Waals surface area contributed by atoms with Crippen molar-refractivity contribution in [3.8, 4) is 29.4 Å². The summed E-state index contributed by atoms with van der Waals surface area (Å²) >= 11 is 19.0. The first-order valence-electron chi connectivity index (χ1n) is 21.9. The number of anilines is 2. The fraction of sp³-hybridized carbons (Fsp3) is 0.333. The Bertz CT molecular complexity index is 3090. The predicted octanol–water partition coefficient (Wildman–Crippen LogP) is 9.85. The van der Waals surface area contributed by atoms with Crippen molar-refractivity contribution in [1.82, 2.24) is 30.2 Å². The summed E-state index contributed by atoms with van der Waals surface area (Å²) in [5.41, 5.74) is 7.78. The van der Waals surface area contributed by atoms with Crippen LogP contribution in [0.25, 0.3) is 11.0 Å². The van der Waals surface area contributed by atoms with Gasteiger partial charge >= 0.3 is 0 Å². The number of halogens is 5. The lowest BCUT2D eigenvalue weighted by molar-refractivity contribution is -0.118. The summed E-state index contributed by atoms with van der Waals surface area (Å²) in [6.45, 7) is 10.4. The van der Waals surface area contributed by atoms with Crippen LogP contribution in [-0.4, -0.2) is 64.2 Å². The number of amides is 2. The van der Waals surface area contributed by atoms with Crippen molar-refractivity contribution in [3.05, 3.63) is 133 Å². The second kappa shape index (κ2) is 20.6. The molecular weight excluding hydrogens is 947 g/mol. The average Bonchev–Trinajstić information content (AvgIpc) is 3.80. The second-order valence-corrected chi connectivity index (χ2v) is 19.2. The van der Waals surface area contributed by atoms with Gasteiger partial charge in [0.2, 0.25) is 11.9 Å². The molecule has 358 valence electrons. The van der Waals surface area contributed by atoms with Gasteiger partial charge < -0.3 is 35.7 Å². The van der Waals surface area contributed by atoms with Crippen molar-refractivity contribution in [2.75, 3.05) is 31.8 Å². The molecular formula is C51H50Cl3F2N9O4. The molecule has 4 atom stereocenters. The Morgan fingerprint density at radius 2 is 1.81 bits per heavy atom. The van der Waals surface area contributed by atoms with E-state index in [4.69, 9.17) is 50.0 Å². The minimum atomic E-state index is -1.82. The molecule has 0 radical (unpaired) electrons. The van der Waals surface area contributed by atoms with E-state index in [9.17, 15) is 14.9 Å². The largest absolute Gasteiger partial charge is 0.496 e. The van der Waals surface area contributed by atoms with Gasteiger partial charge in [0, 0.05) is 64.6 Å². The maximum Gasteiger partial charge on any atom is 0.251 e. The van der Waals surface area contributed by atoms with Crippen molar-refractivity contribution >= 4 is 69.3 Å². The van der Waals surface area contributed by atoms with E-state index in [0.29, 0.717) is 42.4 Å². The lowest BCUT2D eigenvalue weighted by Crippen LogP contribution is -2.45. The third kappa shape index (κ3) is 10.3. The fourth-order valence-corrected chi connectivity index (χ4v) is 9.72. The van der Waals surface area contributed by atoms with Crippen LogP contribution in [-0.2, 0) is 16.8 Å². The van der Waals surface area contributed by atoms with Crippen molar-refractivity contribution in [2.45, 2.75) is 83.8 Å². The monoisotopic (exact) mass is 995 g/mol. The molecule has 18 heteroatoms. The molecule has 3 aromatic heterocycles. The minimum Gasteiger partial charge on any atom is -0.496 e. The van der Waals surface area contributed by atoms with Crippen molar-refractivity contribution in [3.63, 3.8) is 0 Å². The van der Waals surface area contributed by atoms with Crippen LogP contribution in [0.3, 0.4) is 0 Å². The first-order valence-corrected chi connectivity index (χ1v) is 23.1. The number of hydrogen-bond donors (Lipinski definition) is 4. The van der Waals surface area contributed by atoms with E-state index in [0.717, 1.165) is 28.6 Å². The highest BCUT2D eigenvalue weighted by Gasteiger charge is 2.61. The number of aromatic nitrogens is 4. The smallest absolute Gasteiger partial charge is 0.251 e. The van der Waals surface area contributed by atoms with Crippen molar-refractivity contribution < 1.29 is 27.8 Å². The van der Waals surface area contributed by atoms with Crippen LogP contribution < -0.4 is 31.2 Å². The first-order chi connectivity index (χ1) is 32.8. The van der Waals surface area contributed by atoms with Crippen molar-refractivity contribution in [2.24, 2.45) is 5.41 Å². The number of aryl methyl sites for hydroxylation is 1. The molecule has 1 aliphatic heterocycles. The molecule has 13 nitrogen and oxygen atoms in total. The number of fused-ring (bicyclic) bond motifs is 1. The summed E-state index contributed by atoms with van der Waals surface area (Å²) in [5.74, 6) is 3.30. The van der Waals surface area contributed by atoms with E-state index in [-0.39, 0.29) is 55.8 Å². The number of carbonyl (C=O) groups is 2. The number of methoxy groups -OCH3 is 2. The third-order valence-electron chi connectivity index (χ3n) is 12.2. The fourth-order valence-electron chi connectivity index (χ4n) is 9.11. The Hall–Kier alpha value is -6.49. The van der Waals surface area contributed by atoms with Gasteiger partial charge in [-0.2, -0.15) is 10.2 Å². The summed E-state index contributed by atoms with van der Waals surface area (Å²) in [4.78, 5) is 41.2. The third-order valence-corrected chi connectivity index (χ3v) is 13.0. The van der Waals surface area contributed by atoms with Crippen LogP contribution in [0.15, 0.2) is 67.0 Å². The Morgan fingerprint density at radius 3 is 2.51 bits per heavy atom. The number of unbranched alkanes of at least 4 members (excludes halogenated alkanes) is 1. The van der Waals surface area contributed by atoms with E-state index >= 15 is 8.78 Å². The lowest BCUT2D eigenvalue weighted by atomic mass is 9.62. The number of nitrogens with two attached hydrogens (primary N) is 1. The van der Waals surface area contributed by atoms with Gasteiger partial charge in [-0.15, -0.1) is 0 Å². The highest BCUT2D eigenvalue weighted by molar-refractivity contribution is 6.34. The Morgan fingerprint density at radius 1 is 1.04 bits per heavy atom. The molecule has 6 aromatic rings. The van der Waals surface area contributed by atoms with Gasteiger partial charge in [0.1, 0.15) is 39.3 Å². The number of benzene rings is 3. The quantitative estimate of drug-likeness (QED) is 0.0494. The van der Waals surface area contributed by atoms with Crippen LogP contribution in [0, 0.1) is 54.1 Å². The maximum absolute atomic E-state index is 16.2. The average molecular weight is 997 g/mol. The lowest BCUT2D eigenvalue weighted by Gasteiger charge is -2.37. The number of pyridine rings is 1. The standard InChI is InChI=1S/C51H50Cl3F2N9O4/c1-27-23-60-37(28(2)44(27)69-7)25-65-24-30(40-45(54)63-49(58)64-46(40)65)12-9-8-10-19-59-47(66)29-15-18-36(38(20-29)68-6)61-48(67)43-41(32-13-11-14-34(53)42(32)56)51(26-57,39(62-43)22-50(3,4)5)33-17-16-31(52)21-35(33)55/h11,13-18,20-21,23-24,39,41,43,62H,8,10,19,22,25H2,1-7H3,(H,59,66)(H,61,67)(H2,58,63,64)/t39-,41-,43+,51-/m0/s1. The summed E-state index contributed by atoms with van der Waals surface area (Å²) in [6.07, 6.45) is 4.81.